The normalized spacial score (nSPS) is 11.7. The predicted molar refractivity (Wildman–Crippen MR) is 122 cm³/mol. The summed E-state index contributed by atoms with van der Waals surface area (Å²) in [5.41, 5.74) is 1.50. The molecule has 0 saturated carbocycles. The van der Waals surface area contributed by atoms with Gasteiger partial charge in [-0.25, -0.2) is 0 Å². The minimum absolute atomic E-state index is 0.0551. The summed E-state index contributed by atoms with van der Waals surface area (Å²) in [6, 6.07) is 13.6. The molecule has 2 aromatic carbocycles. The fourth-order valence-electron chi connectivity index (χ4n) is 3.06. The fraction of sp³-hybridized carbons (Fsp3) is 0.480. The quantitative estimate of drug-likeness (QED) is 0.526. The van der Waals surface area contributed by atoms with E-state index in [1.807, 2.05) is 26.0 Å². The lowest BCUT2D eigenvalue weighted by atomic mass is 9.86. The number of methoxy groups -OCH3 is 2. The van der Waals surface area contributed by atoms with E-state index in [4.69, 9.17) is 14.2 Å². The molecule has 5 heteroatoms. The molecule has 0 aliphatic heterocycles. The lowest BCUT2D eigenvalue weighted by molar-refractivity contribution is -0.124. The van der Waals surface area contributed by atoms with Crippen molar-refractivity contribution >= 4 is 11.6 Å². The van der Waals surface area contributed by atoms with Gasteiger partial charge in [0, 0.05) is 11.5 Å². The maximum absolute atomic E-state index is 12.8. The number of carbonyl (C=O) groups excluding carboxylic acids is 1. The Morgan fingerprint density at radius 2 is 1.53 bits per heavy atom. The van der Waals surface area contributed by atoms with Gasteiger partial charge in [0.25, 0.3) is 0 Å². The van der Waals surface area contributed by atoms with Crippen LogP contribution < -0.4 is 19.5 Å². The maximum Gasteiger partial charge on any atom is 0.230 e. The summed E-state index contributed by atoms with van der Waals surface area (Å²) in [4.78, 5) is 12.8. The van der Waals surface area contributed by atoms with E-state index < -0.39 is 5.41 Å². The summed E-state index contributed by atoms with van der Waals surface area (Å²) in [5, 5.41) is 2.97. The Morgan fingerprint density at radius 1 is 0.900 bits per heavy atom. The van der Waals surface area contributed by atoms with E-state index in [9.17, 15) is 4.79 Å². The van der Waals surface area contributed by atoms with Crippen molar-refractivity contribution in [3.05, 3.63) is 48.0 Å². The molecule has 0 fully saturated rings. The van der Waals surface area contributed by atoms with Crippen molar-refractivity contribution in [2.45, 2.75) is 52.9 Å². The van der Waals surface area contributed by atoms with E-state index >= 15 is 0 Å². The van der Waals surface area contributed by atoms with Crippen LogP contribution in [0.3, 0.4) is 0 Å². The van der Waals surface area contributed by atoms with Crippen molar-refractivity contribution < 1.29 is 19.0 Å². The van der Waals surface area contributed by atoms with Crippen LogP contribution in [-0.4, -0.2) is 26.7 Å². The molecule has 0 radical (unpaired) electrons. The molecule has 2 aromatic rings. The molecule has 0 atom stereocenters. The van der Waals surface area contributed by atoms with Gasteiger partial charge < -0.3 is 19.5 Å². The van der Waals surface area contributed by atoms with E-state index in [-0.39, 0.29) is 11.3 Å². The van der Waals surface area contributed by atoms with Crippen LogP contribution in [0, 0.1) is 5.41 Å². The third-order valence-electron chi connectivity index (χ3n) is 5.21. The van der Waals surface area contributed by atoms with Gasteiger partial charge >= 0.3 is 0 Å². The maximum atomic E-state index is 12.8. The minimum atomic E-state index is -0.537. The van der Waals surface area contributed by atoms with Gasteiger partial charge in [0.15, 0.2) is 0 Å². The Hall–Kier alpha value is -2.69. The van der Waals surface area contributed by atoms with E-state index in [2.05, 4.69) is 38.2 Å². The number of carbonyl (C=O) groups is 1. The van der Waals surface area contributed by atoms with Gasteiger partial charge in [-0.3, -0.25) is 4.79 Å². The van der Waals surface area contributed by atoms with Gasteiger partial charge in [-0.1, -0.05) is 46.8 Å². The molecule has 0 heterocycles. The Balaban J connectivity index is 1.87. The first kappa shape index (κ1) is 23.6. The Morgan fingerprint density at radius 3 is 2.10 bits per heavy atom. The van der Waals surface area contributed by atoms with Crippen LogP contribution in [0.15, 0.2) is 42.5 Å². The van der Waals surface area contributed by atoms with Crippen LogP contribution in [0.2, 0.25) is 0 Å². The molecule has 0 saturated heterocycles. The summed E-state index contributed by atoms with van der Waals surface area (Å²) in [7, 11) is 3.16. The summed E-state index contributed by atoms with van der Waals surface area (Å²) in [6.07, 6.45) is 1.48. The number of hydrogen-bond donors (Lipinski definition) is 1. The van der Waals surface area contributed by atoms with Crippen molar-refractivity contribution in [2.24, 2.45) is 5.41 Å². The zero-order valence-corrected chi connectivity index (χ0v) is 19.3. The van der Waals surface area contributed by atoms with E-state index in [1.54, 1.807) is 32.4 Å². The smallest absolute Gasteiger partial charge is 0.230 e. The molecule has 1 amide bonds. The van der Waals surface area contributed by atoms with Gasteiger partial charge in [0.1, 0.15) is 17.2 Å². The third kappa shape index (κ3) is 6.41. The molecule has 30 heavy (non-hydrogen) atoms. The minimum Gasteiger partial charge on any atom is -0.497 e. The van der Waals surface area contributed by atoms with E-state index in [0.29, 0.717) is 30.2 Å². The van der Waals surface area contributed by atoms with Crippen molar-refractivity contribution in [1.29, 1.82) is 0 Å². The molecule has 1 N–H and O–H groups in total. The molecule has 0 aliphatic rings. The van der Waals surface area contributed by atoms with Gasteiger partial charge in [-0.15, -0.1) is 0 Å². The molecule has 2 rings (SSSR count). The van der Waals surface area contributed by atoms with E-state index in [1.165, 1.54) is 5.56 Å². The standard InChI is InChI=1S/C25H35NO4/c1-24(2,3)18-9-11-19(12-10-18)30-16-8-15-25(4,5)23(27)26-21-14-13-20(28-6)17-22(21)29-7/h9-14,17H,8,15-16H2,1-7H3,(H,26,27). The van der Waals surface area contributed by atoms with Crippen molar-refractivity contribution in [3.8, 4) is 17.2 Å². The molecule has 164 valence electrons. The number of hydrogen-bond acceptors (Lipinski definition) is 4. The topological polar surface area (TPSA) is 56.8 Å². The molecule has 0 aromatic heterocycles. The first-order valence-electron chi connectivity index (χ1n) is 10.3. The lowest BCUT2D eigenvalue weighted by Crippen LogP contribution is -2.31. The Kier molecular flexibility index (Phi) is 7.77. The number of rotatable bonds is 9. The predicted octanol–water partition coefficient (Wildman–Crippen LogP) is 5.83. The van der Waals surface area contributed by atoms with Crippen molar-refractivity contribution in [3.63, 3.8) is 0 Å². The lowest BCUT2D eigenvalue weighted by Gasteiger charge is -2.24. The van der Waals surface area contributed by atoms with E-state index in [0.717, 1.165) is 12.2 Å². The highest BCUT2D eigenvalue weighted by molar-refractivity contribution is 5.96. The first-order chi connectivity index (χ1) is 14.1. The summed E-state index contributed by atoms with van der Waals surface area (Å²) in [6.45, 7) is 11.0. The van der Waals surface area contributed by atoms with Crippen LogP contribution in [0.4, 0.5) is 5.69 Å². The highest BCUT2D eigenvalue weighted by Crippen LogP contribution is 2.32. The summed E-state index contributed by atoms with van der Waals surface area (Å²) in [5.74, 6) is 2.05. The van der Waals surface area contributed by atoms with Crippen molar-refractivity contribution in [1.82, 2.24) is 0 Å². The molecule has 0 unspecified atom stereocenters. The monoisotopic (exact) mass is 413 g/mol. The van der Waals surface area contributed by atoms with Gasteiger partial charge in [-0.05, 0) is 48.1 Å². The number of ether oxygens (including phenoxy) is 3. The third-order valence-corrected chi connectivity index (χ3v) is 5.21. The largest absolute Gasteiger partial charge is 0.497 e. The highest BCUT2D eigenvalue weighted by atomic mass is 16.5. The second-order valence-corrected chi connectivity index (χ2v) is 9.13. The summed E-state index contributed by atoms with van der Waals surface area (Å²) >= 11 is 0. The molecule has 0 bridgehead atoms. The fourth-order valence-corrected chi connectivity index (χ4v) is 3.06. The summed E-state index contributed by atoms with van der Waals surface area (Å²) < 4.78 is 16.4. The number of amides is 1. The Bertz CT molecular complexity index is 835. The van der Waals surface area contributed by atoms with Crippen LogP contribution >= 0.6 is 0 Å². The zero-order valence-electron chi connectivity index (χ0n) is 19.3. The van der Waals surface area contributed by atoms with Gasteiger partial charge in [0.2, 0.25) is 5.91 Å². The van der Waals surface area contributed by atoms with Gasteiger partial charge in [0.05, 0.1) is 26.5 Å². The second-order valence-electron chi connectivity index (χ2n) is 9.13. The highest BCUT2D eigenvalue weighted by Gasteiger charge is 2.28. The van der Waals surface area contributed by atoms with Crippen LogP contribution in [0.25, 0.3) is 0 Å². The number of nitrogens with one attached hydrogen (secondary N) is 1. The molecule has 5 nitrogen and oxygen atoms in total. The SMILES string of the molecule is COc1ccc(NC(=O)C(C)(C)CCCOc2ccc(C(C)(C)C)cc2)c(OC)c1. The average Bonchev–Trinajstić information content (AvgIpc) is 2.71. The van der Waals surface area contributed by atoms with Crippen LogP contribution in [-0.2, 0) is 10.2 Å². The molecular formula is C25H35NO4. The molecule has 0 spiro atoms. The van der Waals surface area contributed by atoms with Crippen LogP contribution in [0.1, 0.15) is 53.0 Å². The average molecular weight is 414 g/mol. The van der Waals surface area contributed by atoms with Crippen LogP contribution in [0.5, 0.6) is 17.2 Å². The number of anilines is 1. The zero-order chi connectivity index (χ0) is 22.4. The second kappa shape index (κ2) is 9.88. The molecule has 0 aliphatic carbocycles. The van der Waals surface area contributed by atoms with Gasteiger partial charge in [-0.2, -0.15) is 0 Å². The molecular weight excluding hydrogens is 378 g/mol. The first-order valence-corrected chi connectivity index (χ1v) is 10.3. The van der Waals surface area contributed by atoms with Crippen molar-refractivity contribution in [2.75, 3.05) is 26.1 Å². The number of benzene rings is 2. The Labute approximate surface area is 180 Å².